The zero-order chi connectivity index (χ0) is 11.5. The van der Waals surface area contributed by atoms with E-state index in [-0.39, 0.29) is 0 Å². The molecule has 0 saturated carbocycles. The largest absolute Gasteiger partial charge is 0.358 e. The molecule has 16 heavy (non-hydrogen) atoms. The third-order valence-corrected chi connectivity index (χ3v) is 2.93. The molecule has 86 valence electrons. The van der Waals surface area contributed by atoms with Gasteiger partial charge in [-0.3, -0.25) is 0 Å². The average Bonchev–Trinajstić information content (AvgIpc) is 2.58. The molecule has 3 heteroatoms. The van der Waals surface area contributed by atoms with Crippen LogP contribution in [0.25, 0.3) is 10.9 Å². The molecule has 0 radical (unpaired) electrons. The van der Waals surface area contributed by atoms with E-state index in [1.165, 1.54) is 23.0 Å². The van der Waals surface area contributed by atoms with Crippen molar-refractivity contribution in [3.05, 3.63) is 35.0 Å². The fourth-order valence-corrected chi connectivity index (χ4v) is 2.06. The van der Waals surface area contributed by atoms with Gasteiger partial charge < -0.3 is 9.88 Å². The topological polar surface area (TPSA) is 19.0 Å². The Morgan fingerprint density at radius 3 is 2.81 bits per heavy atom. The lowest BCUT2D eigenvalue weighted by atomic mass is 10.2. The lowest BCUT2D eigenvalue weighted by molar-refractivity contribution is 0.400. The molecule has 0 aliphatic carbocycles. The number of aromatic amines is 1. The summed E-state index contributed by atoms with van der Waals surface area (Å²) >= 11 is 5.95. The summed E-state index contributed by atoms with van der Waals surface area (Å²) in [6.07, 6.45) is 2.26. The fourth-order valence-electron chi connectivity index (χ4n) is 1.88. The van der Waals surface area contributed by atoms with E-state index in [0.717, 1.165) is 18.0 Å². The average molecular weight is 237 g/mol. The van der Waals surface area contributed by atoms with Gasteiger partial charge in [0.05, 0.1) is 0 Å². The van der Waals surface area contributed by atoms with E-state index in [1.807, 2.05) is 18.2 Å². The maximum Gasteiger partial charge on any atom is 0.0457 e. The highest BCUT2D eigenvalue weighted by Gasteiger charge is 2.01. The molecule has 0 aliphatic heterocycles. The number of hydrogen-bond acceptors (Lipinski definition) is 1. The van der Waals surface area contributed by atoms with Crippen LogP contribution >= 0.6 is 11.6 Å². The van der Waals surface area contributed by atoms with Crippen LogP contribution in [-0.2, 0) is 6.42 Å². The van der Waals surface area contributed by atoms with Gasteiger partial charge in [-0.1, -0.05) is 11.6 Å². The van der Waals surface area contributed by atoms with Crippen LogP contribution in [0.15, 0.2) is 24.3 Å². The smallest absolute Gasteiger partial charge is 0.0457 e. The van der Waals surface area contributed by atoms with E-state index >= 15 is 0 Å². The first-order valence-corrected chi connectivity index (χ1v) is 5.95. The van der Waals surface area contributed by atoms with E-state index in [4.69, 9.17) is 11.6 Å². The Hall–Kier alpha value is -0.990. The number of aromatic nitrogens is 1. The number of benzene rings is 1. The Balaban J connectivity index is 2.08. The molecule has 2 aromatic rings. The summed E-state index contributed by atoms with van der Waals surface area (Å²) < 4.78 is 0. The van der Waals surface area contributed by atoms with E-state index in [9.17, 15) is 0 Å². The molecule has 0 unspecified atom stereocenters. The summed E-state index contributed by atoms with van der Waals surface area (Å²) in [5, 5.41) is 2.00. The highest BCUT2D eigenvalue weighted by molar-refractivity contribution is 6.31. The number of nitrogens with zero attached hydrogens (tertiary/aromatic N) is 1. The summed E-state index contributed by atoms with van der Waals surface area (Å²) in [4.78, 5) is 5.63. The number of rotatable bonds is 4. The molecule has 1 aromatic carbocycles. The first kappa shape index (κ1) is 11.5. The SMILES string of the molecule is CN(C)CCCc1cc2cc(Cl)ccc2[nH]1. The van der Waals surface area contributed by atoms with Crippen LogP contribution < -0.4 is 0 Å². The van der Waals surface area contributed by atoms with Crippen LogP contribution in [0, 0.1) is 0 Å². The second-order valence-corrected chi connectivity index (χ2v) is 4.87. The zero-order valence-corrected chi connectivity index (χ0v) is 10.5. The summed E-state index contributed by atoms with van der Waals surface area (Å²) in [5.41, 5.74) is 2.46. The highest BCUT2D eigenvalue weighted by Crippen LogP contribution is 2.20. The molecular weight excluding hydrogens is 220 g/mol. The molecule has 0 bridgehead atoms. The molecule has 0 amide bonds. The van der Waals surface area contributed by atoms with Crippen molar-refractivity contribution in [1.82, 2.24) is 9.88 Å². The zero-order valence-electron chi connectivity index (χ0n) is 9.76. The van der Waals surface area contributed by atoms with Crippen molar-refractivity contribution in [2.24, 2.45) is 0 Å². The minimum absolute atomic E-state index is 0.798. The van der Waals surface area contributed by atoms with Gasteiger partial charge in [-0.05, 0) is 57.7 Å². The Labute approximate surface area is 101 Å². The number of hydrogen-bond donors (Lipinski definition) is 1. The van der Waals surface area contributed by atoms with Crippen molar-refractivity contribution in [3.8, 4) is 0 Å². The van der Waals surface area contributed by atoms with Gasteiger partial charge in [0.1, 0.15) is 0 Å². The van der Waals surface area contributed by atoms with Gasteiger partial charge in [-0.15, -0.1) is 0 Å². The second kappa shape index (κ2) is 4.89. The second-order valence-electron chi connectivity index (χ2n) is 4.43. The van der Waals surface area contributed by atoms with Gasteiger partial charge in [0.15, 0.2) is 0 Å². The molecule has 2 rings (SSSR count). The number of fused-ring (bicyclic) bond motifs is 1. The minimum Gasteiger partial charge on any atom is -0.358 e. The number of aryl methyl sites for hydroxylation is 1. The van der Waals surface area contributed by atoms with Gasteiger partial charge in [-0.25, -0.2) is 0 Å². The van der Waals surface area contributed by atoms with E-state index in [0.29, 0.717) is 0 Å². The van der Waals surface area contributed by atoms with Crippen molar-refractivity contribution in [1.29, 1.82) is 0 Å². The quantitative estimate of drug-likeness (QED) is 0.863. The summed E-state index contributed by atoms with van der Waals surface area (Å²) in [5.74, 6) is 0. The molecule has 1 heterocycles. The van der Waals surface area contributed by atoms with Crippen LogP contribution in [0.4, 0.5) is 0 Å². The third-order valence-electron chi connectivity index (χ3n) is 2.69. The van der Waals surface area contributed by atoms with Gasteiger partial charge in [0.25, 0.3) is 0 Å². The summed E-state index contributed by atoms with van der Waals surface area (Å²) in [6.45, 7) is 1.12. The van der Waals surface area contributed by atoms with Crippen molar-refractivity contribution >= 4 is 22.5 Å². The molecule has 0 fully saturated rings. The van der Waals surface area contributed by atoms with E-state index in [2.05, 4.69) is 30.0 Å². The normalized spacial score (nSPS) is 11.5. The lowest BCUT2D eigenvalue weighted by Gasteiger charge is -2.07. The molecule has 0 saturated heterocycles. The van der Waals surface area contributed by atoms with Crippen LogP contribution in [-0.4, -0.2) is 30.5 Å². The number of H-pyrrole nitrogens is 1. The molecular formula is C13H17ClN2. The van der Waals surface area contributed by atoms with Gasteiger partial charge >= 0.3 is 0 Å². The molecule has 1 aromatic heterocycles. The maximum atomic E-state index is 5.95. The van der Waals surface area contributed by atoms with E-state index in [1.54, 1.807) is 0 Å². The van der Waals surface area contributed by atoms with Gasteiger partial charge in [0.2, 0.25) is 0 Å². The summed E-state index contributed by atoms with van der Waals surface area (Å²) in [7, 11) is 4.20. The van der Waals surface area contributed by atoms with Crippen molar-refractivity contribution in [3.63, 3.8) is 0 Å². The molecule has 0 spiro atoms. The molecule has 2 nitrogen and oxygen atoms in total. The number of halogens is 1. The van der Waals surface area contributed by atoms with Crippen molar-refractivity contribution < 1.29 is 0 Å². The molecule has 1 N–H and O–H groups in total. The van der Waals surface area contributed by atoms with Gasteiger partial charge in [-0.2, -0.15) is 0 Å². The first-order valence-electron chi connectivity index (χ1n) is 5.57. The van der Waals surface area contributed by atoms with Crippen LogP contribution in [0.3, 0.4) is 0 Å². The standard InChI is InChI=1S/C13H17ClN2/c1-16(2)7-3-4-12-9-10-8-11(14)5-6-13(10)15-12/h5-6,8-9,15H,3-4,7H2,1-2H3. The summed E-state index contributed by atoms with van der Waals surface area (Å²) in [6, 6.07) is 8.15. The van der Waals surface area contributed by atoms with Crippen molar-refractivity contribution in [2.75, 3.05) is 20.6 Å². The van der Waals surface area contributed by atoms with Crippen LogP contribution in [0.1, 0.15) is 12.1 Å². The number of nitrogens with one attached hydrogen (secondary N) is 1. The highest BCUT2D eigenvalue weighted by atomic mass is 35.5. The first-order chi connectivity index (χ1) is 7.65. The Morgan fingerprint density at radius 1 is 1.25 bits per heavy atom. The van der Waals surface area contributed by atoms with Crippen molar-refractivity contribution in [2.45, 2.75) is 12.8 Å². The van der Waals surface area contributed by atoms with Gasteiger partial charge in [0, 0.05) is 21.6 Å². The Bertz CT molecular complexity index is 474. The molecule has 0 aliphatic rings. The maximum absolute atomic E-state index is 5.95. The predicted octanol–water partition coefficient (Wildman–Crippen LogP) is 3.32. The minimum atomic E-state index is 0.798. The van der Waals surface area contributed by atoms with E-state index < -0.39 is 0 Å². The molecule has 0 atom stereocenters. The lowest BCUT2D eigenvalue weighted by Crippen LogP contribution is -2.13. The predicted molar refractivity (Wildman–Crippen MR) is 70.2 cm³/mol. The third kappa shape index (κ3) is 2.77. The Morgan fingerprint density at radius 2 is 2.06 bits per heavy atom. The van der Waals surface area contributed by atoms with Crippen LogP contribution in [0.2, 0.25) is 5.02 Å². The van der Waals surface area contributed by atoms with Crippen LogP contribution in [0.5, 0.6) is 0 Å². The monoisotopic (exact) mass is 236 g/mol. The Kier molecular flexibility index (Phi) is 3.52. The fraction of sp³-hybridized carbons (Fsp3) is 0.385.